The van der Waals surface area contributed by atoms with Gasteiger partial charge in [0.25, 0.3) is 15.2 Å². The molecule has 0 aliphatic rings. The highest BCUT2D eigenvalue weighted by Crippen LogP contribution is 2.24. The van der Waals surface area contributed by atoms with Gasteiger partial charge in [-0.05, 0) is 26.0 Å². The van der Waals surface area contributed by atoms with Gasteiger partial charge in [-0.1, -0.05) is 12.1 Å². The number of aromatic nitrogens is 3. The fraction of sp³-hybridized carbons (Fsp3) is 0.250. The van der Waals surface area contributed by atoms with E-state index in [-0.39, 0.29) is 11.2 Å². The molecule has 0 saturated carbocycles. The van der Waals surface area contributed by atoms with Crippen LogP contribution in [0.2, 0.25) is 0 Å². The van der Waals surface area contributed by atoms with E-state index in [2.05, 4.69) is 10.2 Å². The van der Waals surface area contributed by atoms with Crippen LogP contribution >= 0.6 is 0 Å². The van der Waals surface area contributed by atoms with Crippen LogP contribution in [0.25, 0.3) is 11.4 Å². The Hall–Kier alpha value is -2.24. The number of hydrogen-bond donors (Lipinski definition) is 1. The molecule has 0 amide bonds. The van der Waals surface area contributed by atoms with E-state index < -0.39 is 10.0 Å². The van der Waals surface area contributed by atoms with E-state index in [1.54, 1.807) is 38.1 Å². The SMILES string of the molecule is CC(C)n1c(-c2cccc(C#N)c2)nnc1S(N)(=O)=O. The van der Waals surface area contributed by atoms with E-state index >= 15 is 0 Å². The highest BCUT2D eigenvalue weighted by atomic mass is 32.2. The van der Waals surface area contributed by atoms with Crippen LogP contribution in [0.1, 0.15) is 25.5 Å². The molecule has 1 heterocycles. The minimum absolute atomic E-state index is 0.195. The molecule has 2 rings (SSSR count). The Kier molecular flexibility index (Phi) is 3.57. The topological polar surface area (TPSA) is 115 Å². The maximum absolute atomic E-state index is 11.5. The molecular weight excluding hydrogens is 278 g/mol. The average molecular weight is 291 g/mol. The molecular formula is C12H13N5O2S. The lowest BCUT2D eigenvalue weighted by atomic mass is 10.1. The number of benzene rings is 1. The quantitative estimate of drug-likeness (QED) is 0.907. The standard InChI is InChI=1S/C12H13N5O2S/c1-8(2)17-11(15-16-12(17)20(14,18)19)10-5-3-4-9(6-10)7-13/h3-6,8H,1-2H3,(H2,14,18,19). The second-order valence-electron chi connectivity index (χ2n) is 4.51. The van der Waals surface area contributed by atoms with E-state index in [1.165, 1.54) is 4.57 Å². The third-order valence-electron chi connectivity index (χ3n) is 2.69. The monoisotopic (exact) mass is 291 g/mol. The normalized spacial score (nSPS) is 11.6. The summed E-state index contributed by atoms with van der Waals surface area (Å²) < 4.78 is 24.5. The van der Waals surface area contributed by atoms with Crippen molar-refractivity contribution in [3.05, 3.63) is 29.8 Å². The summed E-state index contributed by atoms with van der Waals surface area (Å²) in [5.41, 5.74) is 1.07. The predicted octanol–water partition coefficient (Wildman–Crippen LogP) is 1.05. The van der Waals surface area contributed by atoms with Crippen molar-refractivity contribution >= 4 is 10.0 Å². The summed E-state index contributed by atoms with van der Waals surface area (Å²) in [4.78, 5) is 0. The molecule has 0 atom stereocenters. The van der Waals surface area contributed by atoms with Crippen molar-refractivity contribution in [3.63, 3.8) is 0 Å². The Bertz CT molecular complexity index is 786. The van der Waals surface area contributed by atoms with Gasteiger partial charge in [0, 0.05) is 11.6 Å². The maximum atomic E-state index is 11.5. The fourth-order valence-corrected chi connectivity index (χ4v) is 2.59. The van der Waals surface area contributed by atoms with Crippen LogP contribution in [0.15, 0.2) is 29.4 Å². The molecule has 0 saturated heterocycles. The minimum Gasteiger partial charge on any atom is -0.294 e. The first-order valence-electron chi connectivity index (χ1n) is 5.83. The second kappa shape index (κ2) is 5.03. The number of rotatable bonds is 3. The fourth-order valence-electron chi connectivity index (χ4n) is 1.86. The van der Waals surface area contributed by atoms with Gasteiger partial charge in [-0.25, -0.2) is 13.6 Å². The third kappa shape index (κ3) is 2.54. The van der Waals surface area contributed by atoms with Crippen molar-refractivity contribution in [1.29, 1.82) is 5.26 Å². The van der Waals surface area contributed by atoms with Crippen LogP contribution in [0.3, 0.4) is 0 Å². The van der Waals surface area contributed by atoms with Crippen LogP contribution in [0, 0.1) is 11.3 Å². The second-order valence-corrected chi connectivity index (χ2v) is 5.96. The van der Waals surface area contributed by atoms with E-state index in [9.17, 15) is 8.42 Å². The Morgan fingerprint density at radius 2 is 2.05 bits per heavy atom. The summed E-state index contributed by atoms with van der Waals surface area (Å²) in [6.45, 7) is 3.60. The molecule has 0 aliphatic heterocycles. The van der Waals surface area contributed by atoms with Crippen molar-refractivity contribution < 1.29 is 8.42 Å². The lowest BCUT2D eigenvalue weighted by molar-refractivity contribution is 0.524. The van der Waals surface area contributed by atoms with Crippen LogP contribution in [-0.4, -0.2) is 23.2 Å². The van der Waals surface area contributed by atoms with Gasteiger partial charge in [-0.15, -0.1) is 10.2 Å². The predicted molar refractivity (Wildman–Crippen MR) is 71.9 cm³/mol. The van der Waals surface area contributed by atoms with Crippen LogP contribution in [0.5, 0.6) is 0 Å². The van der Waals surface area contributed by atoms with Crippen LogP contribution in [0.4, 0.5) is 0 Å². The van der Waals surface area contributed by atoms with Crippen molar-refractivity contribution in [2.24, 2.45) is 5.14 Å². The highest BCUT2D eigenvalue weighted by molar-refractivity contribution is 7.89. The first kappa shape index (κ1) is 14.2. The minimum atomic E-state index is -3.96. The number of nitrogens with zero attached hydrogens (tertiary/aromatic N) is 4. The van der Waals surface area contributed by atoms with E-state index in [0.29, 0.717) is 17.0 Å². The zero-order valence-electron chi connectivity index (χ0n) is 11.0. The molecule has 7 nitrogen and oxygen atoms in total. The molecule has 2 aromatic rings. The van der Waals surface area contributed by atoms with E-state index in [0.717, 1.165) is 0 Å². The summed E-state index contributed by atoms with van der Waals surface area (Å²) in [5.74, 6) is 0.362. The van der Waals surface area contributed by atoms with Crippen molar-refractivity contribution in [1.82, 2.24) is 14.8 Å². The zero-order valence-corrected chi connectivity index (χ0v) is 11.8. The summed E-state index contributed by atoms with van der Waals surface area (Å²) in [5, 5.41) is 21.3. The number of nitrogens with two attached hydrogens (primary N) is 1. The molecule has 0 bridgehead atoms. The zero-order chi connectivity index (χ0) is 14.9. The molecule has 1 aromatic carbocycles. The first-order valence-corrected chi connectivity index (χ1v) is 7.37. The summed E-state index contributed by atoms with van der Waals surface area (Å²) in [6, 6.07) is 8.53. The molecule has 0 spiro atoms. The third-order valence-corrected chi connectivity index (χ3v) is 3.47. The van der Waals surface area contributed by atoms with Crippen molar-refractivity contribution in [3.8, 4) is 17.5 Å². The molecule has 8 heteroatoms. The number of primary sulfonamides is 1. The molecule has 2 N–H and O–H groups in total. The van der Waals surface area contributed by atoms with Gasteiger partial charge in [0.15, 0.2) is 5.82 Å². The van der Waals surface area contributed by atoms with Crippen molar-refractivity contribution in [2.45, 2.75) is 25.0 Å². The first-order chi connectivity index (χ1) is 9.34. The van der Waals surface area contributed by atoms with E-state index in [4.69, 9.17) is 10.4 Å². The average Bonchev–Trinajstić information content (AvgIpc) is 2.83. The van der Waals surface area contributed by atoms with Gasteiger partial charge in [0.05, 0.1) is 11.6 Å². The number of nitriles is 1. The van der Waals surface area contributed by atoms with Crippen LogP contribution in [-0.2, 0) is 10.0 Å². The van der Waals surface area contributed by atoms with Gasteiger partial charge in [-0.3, -0.25) is 4.57 Å². The number of sulfonamides is 1. The largest absolute Gasteiger partial charge is 0.294 e. The summed E-state index contributed by atoms with van der Waals surface area (Å²) in [7, 11) is -3.96. The lowest BCUT2D eigenvalue weighted by Crippen LogP contribution is -2.20. The lowest BCUT2D eigenvalue weighted by Gasteiger charge is -2.12. The van der Waals surface area contributed by atoms with Gasteiger partial charge in [-0.2, -0.15) is 5.26 Å². The molecule has 0 radical (unpaired) electrons. The summed E-state index contributed by atoms with van der Waals surface area (Å²) in [6.07, 6.45) is 0. The Labute approximate surface area is 116 Å². The highest BCUT2D eigenvalue weighted by Gasteiger charge is 2.23. The van der Waals surface area contributed by atoms with Gasteiger partial charge in [0.2, 0.25) is 0 Å². The van der Waals surface area contributed by atoms with Gasteiger partial charge in [0.1, 0.15) is 0 Å². The molecule has 20 heavy (non-hydrogen) atoms. The Balaban J connectivity index is 2.70. The van der Waals surface area contributed by atoms with Gasteiger partial charge < -0.3 is 0 Å². The summed E-state index contributed by atoms with van der Waals surface area (Å²) >= 11 is 0. The molecule has 0 fully saturated rings. The Morgan fingerprint density at radius 3 is 2.60 bits per heavy atom. The molecule has 0 unspecified atom stereocenters. The van der Waals surface area contributed by atoms with E-state index in [1.807, 2.05) is 6.07 Å². The van der Waals surface area contributed by atoms with Crippen LogP contribution < -0.4 is 5.14 Å². The Morgan fingerprint density at radius 1 is 1.35 bits per heavy atom. The van der Waals surface area contributed by atoms with Crippen molar-refractivity contribution in [2.75, 3.05) is 0 Å². The smallest absolute Gasteiger partial charge is 0.273 e. The molecule has 0 aliphatic carbocycles. The maximum Gasteiger partial charge on any atom is 0.273 e. The molecule has 1 aromatic heterocycles. The molecule has 104 valence electrons. The van der Waals surface area contributed by atoms with Gasteiger partial charge >= 0.3 is 0 Å². The number of hydrogen-bond acceptors (Lipinski definition) is 5.